The maximum absolute atomic E-state index is 13.0. The summed E-state index contributed by atoms with van der Waals surface area (Å²) in [5, 5.41) is 3.00. The van der Waals surface area contributed by atoms with Gasteiger partial charge in [-0.05, 0) is 49.3 Å². The van der Waals surface area contributed by atoms with Crippen molar-refractivity contribution in [2.24, 2.45) is 0 Å². The molecule has 31 heavy (non-hydrogen) atoms. The first kappa shape index (κ1) is 20.6. The standard InChI is InChI=1S/C23H25N5O3/c1-28(18-9-5-6-14-24-18)20-19(26-23(31)27-22(20)30)21(29)25-17-12-10-16(11-13-17)15-7-3-2-4-8-15/h2-9,14,16-17H,10-13H2,1H3,(H,25,29)(H2,26,27,30,31). The molecule has 0 spiro atoms. The third-order valence-corrected chi connectivity index (χ3v) is 5.81. The Kier molecular flexibility index (Phi) is 5.97. The molecule has 4 rings (SSSR count). The van der Waals surface area contributed by atoms with Crippen LogP contribution in [0.15, 0.2) is 64.3 Å². The van der Waals surface area contributed by atoms with Crippen LogP contribution < -0.4 is 21.5 Å². The van der Waals surface area contributed by atoms with Gasteiger partial charge in [-0.3, -0.25) is 14.6 Å². The van der Waals surface area contributed by atoms with Crippen LogP contribution in [0.2, 0.25) is 0 Å². The first-order chi connectivity index (χ1) is 15.0. The van der Waals surface area contributed by atoms with E-state index in [0.717, 1.165) is 25.7 Å². The number of carbonyl (C=O) groups excluding carboxylic acids is 1. The topological polar surface area (TPSA) is 111 Å². The largest absolute Gasteiger partial charge is 0.348 e. The van der Waals surface area contributed by atoms with E-state index < -0.39 is 17.2 Å². The molecule has 3 N–H and O–H groups in total. The van der Waals surface area contributed by atoms with E-state index in [-0.39, 0.29) is 17.4 Å². The van der Waals surface area contributed by atoms with Gasteiger partial charge >= 0.3 is 5.69 Å². The van der Waals surface area contributed by atoms with Crippen molar-refractivity contribution in [2.45, 2.75) is 37.6 Å². The number of pyridine rings is 1. The molecule has 1 aliphatic rings. The predicted molar refractivity (Wildman–Crippen MR) is 119 cm³/mol. The number of hydrogen-bond donors (Lipinski definition) is 3. The highest BCUT2D eigenvalue weighted by atomic mass is 16.2. The van der Waals surface area contributed by atoms with Crippen molar-refractivity contribution in [2.75, 3.05) is 11.9 Å². The molecule has 8 heteroatoms. The zero-order valence-electron chi connectivity index (χ0n) is 17.3. The van der Waals surface area contributed by atoms with E-state index in [1.807, 2.05) is 18.2 Å². The number of carbonyl (C=O) groups is 1. The lowest BCUT2D eigenvalue weighted by atomic mass is 9.82. The third-order valence-electron chi connectivity index (χ3n) is 5.81. The molecule has 0 radical (unpaired) electrons. The second-order valence-electron chi connectivity index (χ2n) is 7.81. The number of nitrogens with zero attached hydrogens (tertiary/aromatic N) is 2. The lowest BCUT2D eigenvalue weighted by Gasteiger charge is -2.29. The highest BCUT2D eigenvalue weighted by Crippen LogP contribution is 2.33. The fraction of sp³-hybridized carbons (Fsp3) is 0.304. The first-order valence-corrected chi connectivity index (χ1v) is 10.4. The average Bonchev–Trinajstić information content (AvgIpc) is 2.80. The zero-order valence-corrected chi connectivity index (χ0v) is 17.3. The molecule has 0 aliphatic heterocycles. The minimum atomic E-state index is -0.721. The molecule has 2 aromatic heterocycles. The molecule has 0 unspecified atom stereocenters. The summed E-state index contributed by atoms with van der Waals surface area (Å²) in [4.78, 5) is 47.9. The normalized spacial score (nSPS) is 18.4. The number of aromatic nitrogens is 3. The van der Waals surface area contributed by atoms with Crippen LogP contribution in [0.3, 0.4) is 0 Å². The maximum Gasteiger partial charge on any atom is 0.326 e. The third kappa shape index (κ3) is 4.58. The highest BCUT2D eigenvalue weighted by Gasteiger charge is 2.27. The minimum Gasteiger partial charge on any atom is -0.348 e. The molecule has 1 aliphatic carbocycles. The molecule has 1 amide bonds. The summed E-state index contributed by atoms with van der Waals surface area (Å²) in [5.74, 6) is 0.501. The summed E-state index contributed by atoms with van der Waals surface area (Å²) < 4.78 is 0. The van der Waals surface area contributed by atoms with Gasteiger partial charge in [-0.1, -0.05) is 36.4 Å². The van der Waals surface area contributed by atoms with Gasteiger partial charge in [-0.2, -0.15) is 0 Å². The van der Waals surface area contributed by atoms with Crippen LogP contribution in [0.4, 0.5) is 11.5 Å². The monoisotopic (exact) mass is 419 g/mol. The van der Waals surface area contributed by atoms with Gasteiger partial charge in [0.25, 0.3) is 11.5 Å². The van der Waals surface area contributed by atoms with E-state index in [1.165, 1.54) is 10.5 Å². The number of benzene rings is 1. The van der Waals surface area contributed by atoms with Crippen molar-refractivity contribution < 1.29 is 4.79 Å². The fourth-order valence-electron chi connectivity index (χ4n) is 4.18. The van der Waals surface area contributed by atoms with E-state index in [0.29, 0.717) is 11.7 Å². The van der Waals surface area contributed by atoms with Gasteiger partial charge in [0, 0.05) is 19.3 Å². The molecule has 160 valence electrons. The van der Waals surface area contributed by atoms with Crippen LogP contribution >= 0.6 is 0 Å². The summed E-state index contributed by atoms with van der Waals surface area (Å²) in [7, 11) is 1.63. The van der Waals surface area contributed by atoms with E-state index in [2.05, 4.69) is 32.4 Å². The molecule has 2 heterocycles. The Labute approximate surface area is 179 Å². The lowest BCUT2D eigenvalue weighted by Crippen LogP contribution is -2.41. The molecular formula is C23H25N5O3. The van der Waals surface area contributed by atoms with Crippen LogP contribution in [0, 0.1) is 0 Å². The Balaban J connectivity index is 1.51. The molecule has 1 fully saturated rings. The number of amides is 1. The summed E-state index contributed by atoms with van der Waals surface area (Å²) in [5.41, 5.74) is -0.0534. The van der Waals surface area contributed by atoms with Gasteiger partial charge in [-0.15, -0.1) is 0 Å². The van der Waals surface area contributed by atoms with Gasteiger partial charge in [0.15, 0.2) is 0 Å². The van der Waals surface area contributed by atoms with Crippen molar-refractivity contribution in [3.63, 3.8) is 0 Å². The Bertz CT molecular complexity index is 1150. The molecule has 0 bridgehead atoms. The van der Waals surface area contributed by atoms with E-state index in [4.69, 9.17) is 0 Å². The van der Waals surface area contributed by atoms with Gasteiger partial charge in [-0.25, -0.2) is 9.78 Å². The molecule has 0 saturated heterocycles. The van der Waals surface area contributed by atoms with Crippen LogP contribution in [0.1, 0.15) is 47.7 Å². The summed E-state index contributed by atoms with van der Waals surface area (Å²) in [6.07, 6.45) is 5.22. The number of hydrogen-bond acceptors (Lipinski definition) is 5. The minimum absolute atomic E-state index is 0.0109. The number of aromatic amines is 2. The van der Waals surface area contributed by atoms with E-state index in [1.54, 1.807) is 31.4 Å². The Hall–Kier alpha value is -3.68. The molecular weight excluding hydrogens is 394 g/mol. The lowest BCUT2D eigenvalue weighted by molar-refractivity contribution is 0.0920. The first-order valence-electron chi connectivity index (χ1n) is 10.4. The number of rotatable bonds is 5. The van der Waals surface area contributed by atoms with Crippen LogP contribution in [0.5, 0.6) is 0 Å². The van der Waals surface area contributed by atoms with Crippen molar-refractivity contribution >= 4 is 17.4 Å². The molecule has 0 atom stereocenters. The molecule has 8 nitrogen and oxygen atoms in total. The Morgan fingerprint density at radius 3 is 2.39 bits per heavy atom. The number of anilines is 2. The summed E-state index contributed by atoms with van der Waals surface area (Å²) in [6.45, 7) is 0. The van der Waals surface area contributed by atoms with Crippen LogP contribution in [-0.4, -0.2) is 33.9 Å². The van der Waals surface area contributed by atoms with E-state index in [9.17, 15) is 14.4 Å². The van der Waals surface area contributed by atoms with Gasteiger partial charge in [0.1, 0.15) is 17.2 Å². The molecule has 1 saturated carbocycles. The Morgan fingerprint density at radius 2 is 1.71 bits per heavy atom. The van der Waals surface area contributed by atoms with Gasteiger partial charge in [0.2, 0.25) is 0 Å². The fourth-order valence-corrected chi connectivity index (χ4v) is 4.18. The number of H-pyrrole nitrogens is 2. The van der Waals surface area contributed by atoms with Crippen LogP contribution in [-0.2, 0) is 0 Å². The maximum atomic E-state index is 13.0. The van der Waals surface area contributed by atoms with Crippen molar-refractivity contribution in [1.29, 1.82) is 0 Å². The molecule has 1 aromatic carbocycles. The SMILES string of the molecule is CN(c1ccccn1)c1c(C(=O)NC2CCC(c3ccccc3)CC2)[nH]c(=O)[nH]c1=O. The predicted octanol–water partition coefficient (Wildman–Crippen LogP) is 2.68. The molecule has 3 aromatic rings. The summed E-state index contributed by atoms with van der Waals surface area (Å²) >= 11 is 0. The second-order valence-corrected chi connectivity index (χ2v) is 7.81. The van der Waals surface area contributed by atoms with Crippen molar-refractivity contribution in [3.05, 3.63) is 86.8 Å². The van der Waals surface area contributed by atoms with Crippen molar-refractivity contribution in [1.82, 2.24) is 20.3 Å². The van der Waals surface area contributed by atoms with Gasteiger partial charge in [0.05, 0.1) is 0 Å². The average molecular weight is 419 g/mol. The van der Waals surface area contributed by atoms with Crippen LogP contribution in [0.25, 0.3) is 0 Å². The quantitative estimate of drug-likeness (QED) is 0.589. The number of nitrogens with one attached hydrogen (secondary N) is 3. The van der Waals surface area contributed by atoms with E-state index >= 15 is 0 Å². The van der Waals surface area contributed by atoms with Crippen molar-refractivity contribution in [3.8, 4) is 0 Å². The Morgan fingerprint density at radius 1 is 1.00 bits per heavy atom. The van der Waals surface area contributed by atoms with Gasteiger partial charge < -0.3 is 15.2 Å². The summed E-state index contributed by atoms with van der Waals surface area (Å²) in [6, 6.07) is 15.6. The zero-order chi connectivity index (χ0) is 21.8. The second kappa shape index (κ2) is 8.99. The smallest absolute Gasteiger partial charge is 0.326 e. The highest BCUT2D eigenvalue weighted by molar-refractivity contribution is 5.98.